The molecule has 7 nitrogen and oxygen atoms in total. The summed E-state index contributed by atoms with van der Waals surface area (Å²) in [5, 5.41) is 9.67. The van der Waals surface area contributed by atoms with Crippen LogP contribution in [0.5, 0.6) is 0 Å². The molecule has 8 heteroatoms. The first-order valence-corrected chi connectivity index (χ1v) is 11.9. The standard InChI is InChI=1S/C23H29N5O2S/c1-2-26(16-19-10-5-3-6-11-19)21(29)18-31-23-25-24-22(27-13-7-4-8-14-27)28(23)17-20-12-9-15-30-20/h3,5-6,9-12,15H,2,4,7-8,13-14,16-18H2,1H3. The summed E-state index contributed by atoms with van der Waals surface area (Å²) in [5.74, 6) is 2.15. The Kier molecular flexibility index (Phi) is 7.30. The lowest BCUT2D eigenvalue weighted by atomic mass is 10.1. The van der Waals surface area contributed by atoms with Gasteiger partial charge in [0.05, 0.1) is 18.6 Å². The van der Waals surface area contributed by atoms with Crippen LogP contribution in [-0.4, -0.2) is 51.0 Å². The summed E-state index contributed by atoms with van der Waals surface area (Å²) in [6.07, 6.45) is 5.27. The normalized spacial score (nSPS) is 14.0. The fourth-order valence-electron chi connectivity index (χ4n) is 3.81. The summed E-state index contributed by atoms with van der Waals surface area (Å²) in [4.78, 5) is 17.1. The van der Waals surface area contributed by atoms with E-state index in [0.717, 1.165) is 35.5 Å². The number of carbonyl (C=O) groups excluding carboxylic acids is 1. The van der Waals surface area contributed by atoms with Crippen molar-refractivity contribution < 1.29 is 9.21 Å². The van der Waals surface area contributed by atoms with Crippen LogP contribution < -0.4 is 4.90 Å². The fourth-order valence-corrected chi connectivity index (χ4v) is 4.65. The maximum atomic E-state index is 12.9. The lowest BCUT2D eigenvalue weighted by molar-refractivity contribution is -0.128. The Morgan fingerprint density at radius 1 is 1.10 bits per heavy atom. The molecule has 0 bridgehead atoms. The molecule has 4 rings (SSSR count). The fraction of sp³-hybridized carbons (Fsp3) is 0.435. The van der Waals surface area contributed by atoms with E-state index in [-0.39, 0.29) is 5.91 Å². The lowest BCUT2D eigenvalue weighted by Crippen LogP contribution is -2.32. The molecule has 0 atom stereocenters. The van der Waals surface area contributed by atoms with E-state index in [4.69, 9.17) is 4.42 Å². The summed E-state index contributed by atoms with van der Waals surface area (Å²) < 4.78 is 7.65. The van der Waals surface area contributed by atoms with Crippen LogP contribution in [0.2, 0.25) is 0 Å². The first-order chi connectivity index (χ1) is 15.2. The largest absolute Gasteiger partial charge is 0.467 e. The van der Waals surface area contributed by atoms with E-state index in [0.29, 0.717) is 25.4 Å². The quantitative estimate of drug-likeness (QED) is 0.469. The predicted octanol–water partition coefficient (Wildman–Crippen LogP) is 4.05. The number of thioether (sulfide) groups is 1. The molecule has 2 aromatic heterocycles. The zero-order chi connectivity index (χ0) is 21.5. The second-order valence-corrected chi connectivity index (χ2v) is 8.62. The predicted molar refractivity (Wildman–Crippen MR) is 122 cm³/mol. The molecular weight excluding hydrogens is 410 g/mol. The second kappa shape index (κ2) is 10.5. The van der Waals surface area contributed by atoms with Gasteiger partial charge >= 0.3 is 0 Å². The highest BCUT2D eigenvalue weighted by molar-refractivity contribution is 7.99. The molecular formula is C23H29N5O2S. The van der Waals surface area contributed by atoms with Crippen molar-refractivity contribution in [2.45, 2.75) is 44.4 Å². The number of anilines is 1. The minimum absolute atomic E-state index is 0.100. The number of nitrogens with zero attached hydrogens (tertiary/aromatic N) is 5. The Bertz CT molecular complexity index is 952. The summed E-state index contributed by atoms with van der Waals surface area (Å²) in [6.45, 7) is 5.84. The van der Waals surface area contributed by atoms with E-state index < -0.39 is 0 Å². The van der Waals surface area contributed by atoms with Crippen LogP contribution in [0.25, 0.3) is 0 Å². The number of furan rings is 1. The van der Waals surface area contributed by atoms with Gasteiger partial charge < -0.3 is 14.2 Å². The first-order valence-electron chi connectivity index (χ1n) is 10.9. The van der Waals surface area contributed by atoms with Gasteiger partial charge in [0, 0.05) is 26.2 Å². The molecule has 3 aromatic rings. The number of piperidine rings is 1. The molecule has 1 fully saturated rings. The van der Waals surface area contributed by atoms with Crippen molar-refractivity contribution in [2.75, 3.05) is 30.3 Å². The van der Waals surface area contributed by atoms with Gasteiger partial charge in [0.2, 0.25) is 11.9 Å². The van der Waals surface area contributed by atoms with E-state index in [2.05, 4.69) is 19.7 Å². The van der Waals surface area contributed by atoms with Crippen molar-refractivity contribution in [2.24, 2.45) is 0 Å². The van der Waals surface area contributed by atoms with E-state index in [1.54, 1.807) is 6.26 Å². The molecule has 1 aromatic carbocycles. The SMILES string of the molecule is CCN(Cc1ccccc1)C(=O)CSc1nnc(N2CCCCC2)n1Cc1ccco1. The van der Waals surface area contributed by atoms with Crippen LogP contribution in [-0.2, 0) is 17.9 Å². The molecule has 1 amide bonds. The van der Waals surface area contributed by atoms with Gasteiger partial charge in [0.15, 0.2) is 5.16 Å². The van der Waals surface area contributed by atoms with Gasteiger partial charge in [-0.15, -0.1) is 10.2 Å². The maximum Gasteiger partial charge on any atom is 0.233 e. The third-order valence-corrected chi connectivity index (χ3v) is 6.46. The zero-order valence-electron chi connectivity index (χ0n) is 17.9. The van der Waals surface area contributed by atoms with Gasteiger partial charge in [0.25, 0.3) is 0 Å². The topological polar surface area (TPSA) is 67.4 Å². The van der Waals surface area contributed by atoms with Gasteiger partial charge in [-0.05, 0) is 43.9 Å². The highest BCUT2D eigenvalue weighted by Gasteiger charge is 2.22. The molecule has 0 aliphatic carbocycles. The van der Waals surface area contributed by atoms with Gasteiger partial charge in [0.1, 0.15) is 5.76 Å². The molecule has 1 saturated heterocycles. The number of hydrogen-bond acceptors (Lipinski definition) is 6. The molecule has 1 aliphatic heterocycles. The van der Waals surface area contributed by atoms with E-state index in [1.807, 2.05) is 54.3 Å². The van der Waals surface area contributed by atoms with Crippen LogP contribution in [0, 0.1) is 0 Å². The van der Waals surface area contributed by atoms with Crippen molar-refractivity contribution in [1.29, 1.82) is 0 Å². The maximum absolute atomic E-state index is 12.9. The van der Waals surface area contributed by atoms with Gasteiger partial charge in [-0.25, -0.2) is 0 Å². The Hall–Kier alpha value is -2.74. The molecule has 0 unspecified atom stereocenters. The Morgan fingerprint density at radius 2 is 1.90 bits per heavy atom. The Balaban J connectivity index is 1.46. The molecule has 1 aliphatic rings. The summed E-state index contributed by atoms with van der Waals surface area (Å²) in [6, 6.07) is 13.9. The highest BCUT2D eigenvalue weighted by atomic mass is 32.2. The van der Waals surface area contributed by atoms with Crippen LogP contribution in [0.3, 0.4) is 0 Å². The number of amides is 1. The number of carbonyl (C=O) groups is 1. The minimum atomic E-state index is 0.100. The van der Waals surface area contributed by atoms with Crippen molar-refractivity contribution in [3.05, 3.63) is 60.1 Å². The minimum Gasteiger partial charge on any atom is -0.467 e. The average Bonchev–Trinajstić information content (AvgIpc) is 3.47. The molecule has 0 radical (unpaired) electrons. The number of hydrogen-bond donors (Lipinski definition) is 0. The van der Waals surface area contributed by atoms with Gasteiger partial charge in [-0.1, -0.05) is 42.1 Å². The molecule has 0 saturated carbocycles. The second-order valence-electron chi connectivity index (χ2n) is 7.68. The highest BCUT2D eigenvalue weighted by Crippen LogP contribution is 2.26. The molecule has 3 heterocycles. The molecule has 31 heavy (non-hydrogen) atoms. The van der Waals surface area contributed by atoms with E-state index in [9.17, 15) is 4.79 Å². The summed E-state index contributed by atoms with van der Waals surface area (Å²) >= 11 is 1.45. The Labute approximate surface area is 187 Å². The van der Waals surface area contributed by atoms with Crippen LogP contribution >= 0.6 is 11.8 Å². The third-order valence-electron chi connectivity index (χ3n) is 5.51. The van der Waals surface area contributed by atoms with Crippen molar-refractivity contribution in [3.63, 3.8) is 0 Å². The molecule has 164 valence electrons. The van der Waals surface area contributed by atoms with Crippen LogP contribution in [0.4, 0.5) is 5.95 Å². The lowest BCUT2D eigenvalue weighted by Gasteiger charge is -2.27. The van der Waals surface area contributed by atoms with E-state index in [1.165, 1.54) is 31.0 Å². The van der Waals surface area contributed by atoms with Crippen LogP contribution in [0.15, 0.2) is 58.3 Å². The van der Waals surface area contributed by atoms with Crippen molar-refractivity contribution >= 4 is 23.6 Å². The van der Waals surface area contributed by atoms with Crippen LogP contribution in [0.1, 0.15) is 37.5 Å². The average molecular weight is 440 g/mol. The van der Waals surface area contributed by atoms with E-state index >= 15 is 0 Å². The monoisotopic (exact) mass is 439 g/mol. The van der Waals surface area contributed by atoms with Gasteiger partial charge in [-0.2, -0.15) is 0 Å². The van der Waals surface area contributed by atoms with Gasteiger partial charge in [-0.3, -0.25) is 9.36 Å². The van der Waals surface area contributed by atoms with Crippen molar-refractivity contribution in [3.8, 4) is 0 Å². The molecule has 0 N–H and O–H groups in total. The summed E-state index contributed by atoms with van der Waals surface area (Å²) in [5.41, 5.74) is 1.14. The molecule has 0 spiro atoms. The number of rotatable bonds is 9. The Morgan fingerprint density at radius 3 is 2.61 bits per heavy atom. The number of aromatic nitrogens is 3. The first kappa shape index (κ1) is 21.5. The third kappa shape index (κ3) is 5.50. The van der Waals surface area contributed by atoms with Crippen molar-refractivity contribution in [1.82, 2.24) is 19.7 Å². The number of benzene rings is 1. The summed E-state index contributed by atoms with van der Waals surface area (Å²) in [7, 11) is 0. The zero-order valence-corrected chi connectivity index (χ0v) is 18.8. The smallest absolute Gasteiger partial charge is 0.233 e.